The molecule has 0 bridgehead atoms. The highest BCUT2D eigenvalue weighted by Gasteiger charge is 2.15. The molecule has 2 aromatic heterocycles. The van der Waals surface area contributed by atoms with Crippen molar-refractivity contribution in [1.29, 1.82) is 0 Å². The zero-order chi connectivity index (χ0) is 19.5. The highest BCUT2D eigenvalue weighted by molar-refractivity contribution is 7.98. The van der Waals surface area contributed by atoms with E-state index in [0.717, 1.165) is 38.6 Å². The van der Waals surface area contributed by atoms with Gasteiger partial charge in [0.1, 0.15) is 16.6 Å². The van der Waals surface area contributed by atoms with E-state index in [2.05, 4.69) is 15.2 Å². The summed E-state index contributed by atoms with van der Waals surface area (Å²) < 4.78 is 20.5. The van der Waals surface area contributed by atoms with Crippen LogP contribution in [0.4, 0.5) is 4.39 Å². The first-order valence-electron chi connectivity index (χ1n) is 8.51. The van der Waals surface area contributed by atoms with Crippen molar-refractivity contribution in [3.63, 3.8) is 0 Å². The van der Waals surface area contributed by atoms with Crippen LogP contribution >= 0.6 is 23.1 Å². The Morgan fingerprint density at radius 1 is 1.11 bits per heavy atom. The summed E-state index contributed by atoms with van der Waals surface area (Å²) in [6.07, 6.45) is 0. The Balaban J connectivity index is 1.49. The summed E-state index contributed by atoms with van der Waals surface area (Å²) in [6, 6.07) is 14.1. The number of para-hydroxylation sites is 1. The molecule has 8 heteroatoms. The number of nitrogens with zero attached hydrogens (tertiary/aromatic N) is 4. The third-order valence-corrected chi connectivity index (χ3v) is 6.17. The fraction of sp³-hybridized carbons (Fsp3) is 0.150. The predicted molar refractivity (Wildman–Crippen MR) is 110 cm³/mol. The van der Waals surface area contributed by atoms with Gasteiger partial charge in [0.15, 0.2) is 11.0 Å². The largest absolute Gasteiger partial charge is 0.496 e. The number of thioether (sulfide) groups is 1. The van der Waals surface area contributed by atoms with Crippen LogP contribution in [0.2, 0.25) is 0 Å². The summed E-state index contributed by atoms with van der Waals surface area (Å²) in [6.45, 7) is 0. The first-order chi connectivity index (χ1) is 13.7. The second kappa shape index (κ2) is 8.12. The Bertz CT molecular complexity index is 1090. The summed E-state index contributed by atoms with van der Waals surface area (Å²) in [5, 5.41) is 12.3. The third kappa shape index (κ3) is 3.79. The normalized spacial score (nSPS) is 11.0. The van der Waals surface area contributed by atoms with Gasteiger partial charge < -0.3 is 9.30 Å². The van der Waals surface area contributed by atoms with Crippen LogP contribution in [0.25, 0.3) is 22.0 Å². The van der Waals surface area contributed by atoms with E-state index in [1.54, 1.807) is 42.3 Å². The molecule has 4 aromatic rings. The molecular weight excluding hydrogens is 395 g/mol. The van der Waals surface area contributed by atoms with Gasteiger partial charge >= 0.3 is 0 Å². The van der Waals surface area contributed by atoms with Crippen molar-refractivity contribution < 1.29 is 9.13 Å². The maximum Gasteiger partial charge on any atom is 0.191 e. The van der Waals surface area contributed by atoms with Crippen molar-refractivity contribution in [2.24, 2.45) is 7.05 Å². The number of rotatable bonds is 6. The Kier molecular flexibility index (Phi) is 5.40. The van der Waals surface area contributed by atoms with E-state index in [-0.39, 0.29) is 5.82 Å². The molecule has 0 atom stereocenters. The number of ether oxygens (including phenoxy) is 1. The second-order valence-corrected chi connectivity index (χ2v) is 7.81. The van der Waals surface area contributed by atoms with Crippen molar-refractivity contribution in [1.82, 2.24) is 19.7 Å². The van der Waals surface area contributed by atoms with Crippen molar-refractivity contribution in [2.75, 3.05) is 7.11 Å². The standard InChI is InChI=1S/C20H17FN4OS2/c1-25-18(16-5-3-4-6-17(16)26-2)23-24-20(25)28-12-15-11-27-19(22-15)13-7-9-14(21)10-8-13/h3-11H,12H2,1-2H3. The summed E-state index contributed by atoms with van der Waals surface area (Å²) in [4.78, 5) is 4.65. The zero-order valence-corrected chi connectivity index (χ0v) is 16.9. The molecule has 142 valence electrons. The Labute approximate surface area is 170 Å². The number of hydrogen-bond donors (Lipinski definition) is 0. The minimum atomic E-state index is -0.246. The SMILES string of the molecule is COc1ccccc1-c1nnc(SCc2csc(-c3ccc(F)cc3)n2)n1C. The molecule has 0 amide bonds. The summed E-state index contributed by atoms with van der Waals surface area (Å²) >= 11 is 3.12. The van der Waals surface area contributed by atoms with Gasteiger partial charge in [-0.25, -0.2) is 9.37 Å². The molecule has 0 spiro atoms. The predicted octanol–water partition coefficient (Wildman–Crippen LogP) is 5.05. The number of aromatic nitrogens is 4. The molecule has 0 fully saturated rings. The van der Waals surface area contributed by atoms with Crippen LogP contribution in [0, 0.1) is 5.82 Å². The molecule has 0 unspecified atom stereocenters. The van der Waals surface area contributed by atoms with Crippen molar-refractivity contribution in [3.05, 3.63) is 65.4 Å². The molecule has 0 N–H and O–H groups in total. The second-order valence-electron chi connectivity index (χ2n) is 6.01. The zero-order valence-electron chi connectivity index (χ0n) is 15.3. The van der Waals surface area contributed by atoms with Gasteiger partial charge in [-0.15, -0.1) is 21.5 Å². The van der Waals surface area contributed by atoms with E-state index in [1.165, 1.54) is 12.1 Å². The highest BCUT2D eigenvalue weighted by Crippen LogP contribution is 2.31. The van der Waals surface area contributed by atoms with E-state index in [0.29, 0.717) is 5.75 Å². The Morgan fingerprint density at radius 3 is 2.68 bits per heavy atom. The van der Waals surface area contributed by atoms with E-state index in [4.69, 9.17) is 4.74 Å². The monoisotopic (exact) mass is 412 g/mol. The van der Waals surface area contributed by atoms with Crippen LogP contribution in [0.15, 0.2) is 59.1 Å². The highest BCUT2D eigenvalue weighted by atomic mass is 32.2. The van der Waals surface area contributed by atoms with Crippen molar-refractivity contribution in [3.8, 4) is 27.7 Å². The summed E-state index contributed by atoms with van der Waals surface area (Å²) in [5.41, 5.74) is 2.77. The maximum absolute atomic E-state index is 13.1. The maximum atomic E-state index is 13.1. The first-order valence-corrected chi connectivity index (χ1v) is 10.4. The molecule has 0 saturated heterocycles. The van der Waals surface area contributed by atoms with Crippen molar-refractivity contribution in [2.45, 2.75) is 10.9 Å². The van der Waals surface area contributed by atoms with E-state index >= 15 is 0 Å². The molecule has 0 aliphatic rings. The van der Waals surface area contributed by atoms with Crippen LogP contribution in [0.1, 0.15) is 5.69 Å². The molecule has 0 saturated carbocycles. The number of thiazole rings is 1. The van der Waals surface area contributed by atoms with Crippen LogP contribution in [-0.2, 0) is 12.8 Å². The lowest BCUT2D eigenvalue weighted by molar-refractivity contribution is 0.416. The Hall–Kier alpha value is -2.71. The molecule has 4 rings (SSSR count). The number of benzene rings is 2. The van der Waals surface area contributed by atoms with Gasteiger partial charge in [0.2, 0.25) is 0 Å². The molecule has 0 aliphatic heterocycles. The summed E-state index contributed by atoms with van der Waals surface area (Å²) in [5.74, 6) is 1.95. The fourth-order valence-electron chi connectivity index (χ4n) is 2.74. The quantitative estimate of drug-likeness (QED) is 0.415. The van der Waals surface area contributed by atoms with Crippen LogP contribution < -0.4 is 4.74 Å². The lowest BCUT2D eigenvalue weighted by Gasteiger charge is -2.07. The van der Waals surface area contributed by atoms with Crippen LogP contribution in [-0.4, -0.2) is 26.9 Å². The lowest BCUT2D eigenvalue weighted by atomic mass is 10.2. The van der Waals surface area contributed by atoms with Gasteiger partial charge in [-0.3, -0.25) is 0 Å². The van der Waals surface area contributed by atoms with Gasteiger partial charge in [-0.05, 0) is 36.4 Å². The molecule has 5 nitrogen and oxygen atoms in total. The molecule has 0 radical (unpaired) electrons. The van der Waals surface area contributed by atoms with Crippen molar-refractivity contribution >= 4 is 23.1 Å². The summed E-state index contributed by atoms with van der Waals surface area (Å²) in [7, 11) is 3.58. The Morgan fingerprint density at radius 2 is 1.89 bits per heavy atom. The van der Waals surface area contributed by atoms with Crippen LogP contribution in [0.3, 0.4) is 0 Å². The minimum absolute atomic E-state index is 0.246. The van der Waals surface area contributed by atoms with Gasteiger partial charge in [0.05, 0.1) is 18.4 Å². The van der Waals surface area contributed by atoms with E-state index in [1.807, 2.05) is 41.3 Å². The molecule has 2 heterocycles. The molecular formula is C20H17FN4OS2. The lowest BCUT2D eigenvalue weighted by Crippen LogP contribution is -1.97. The molecule has 2 aromatic carbocycles. The van der Waals surface area contributed by atoms with Crippen LogP contribution in [0.5, 0.6) is 5.75 Å². The molecule has 28 heavy (non-hydrogen) atoms. The number of halogens is 1. The van der Waals surface area contributed by atoms with Gasteiger partial charge in [0.25, 0.3) is 0 Å². The average molecular weight is 413 g/mol. The van der Waals surface area contributed by atoms with Gasteiger partial charge in [-0.1, -0.05) is 23.9 Å². The topological polar surface area (TPSA) is 52.8 Å². The van der Waals surface area contributed by atoms with E-state index < -0.39 is 0 Å². The molecule has 0 aliphatic carbocycles. The number of hydrogen-bond acceptors (Lipinski definition) is 6. The average Bonchev–Trinajstić information content (AvgIpc) is 3.34. The minimum Gasteiger partial charge on any atom is -0.496 e. The van der Waals surface area contributed by atoms with Gasteiger partial charge in [-0.2, -0.15) is 0 Å². The number of methoxy groups -OCH3 is 1. The third-order valence-electron chi connectivity index (χ3n) is 4.17. The fourth-order valence-corrected chi connectivity index (χ4v) is 4.48. The van der Waals surface area contributed by atoms with Gasteiger partial charge in [0, 0.05) is 23.7 Å². The van der Waals surface area contributed by atoms with E-state index in [9.17, 15) is 4.39 Å². The first kappa shape index (κ1) is 18.6. The smallest absolute Gasteiger partial charge is 0.191 e.